The minimum Gasteiger partial charge on any atom is -0.494 e. The van der Waals surface area contributed by atoms with Crippen LogP contribution in [0.15, 0.2) is 21.8 Å². The number of cyclic esters (lactones) is 1. The second-order valence-electron chi connectivity index (χ2n) is 8.33. The predicted molar refractivity (Wildman–Crippen MR) is 120 cm³/mol. The van der Waals surface area contributed by atoms with Crippen LogP contribution in [0.4, 0.5) is 5.69 Å². The Morgan fingerprint density at radius 3 is 2.88 bits per heavy atom. The van der Waals surface area contributed by atoms with Crippen LogP contribution in [0.3, 0.4) is 0 Å². The minimum atomic E-state index is -1.84. The summed E-state index contributed by atoms with van der Waals surface area (Å²) in [5.74, 6) is 0.720. The number of esters is 1. The van der Waals surface area contributed by atoms with Crippen LogP contribution >= 0.6 is 11.8 Å². The van der Waals surface area contributed by atoms with Crippen molar-refractivity contribution in [3.8, 4) is 17.1 Å². The maximum absolute atomic E-state index is 13.4. The van der Waals surface area contributed by atoms with E-state index in [0.29, 0.717) is 40.5 Å². The Bertz CT molecular complexity index is 1430. The smallest absolute Gasteiger partial charge is 0.343 e. The summed E-state index contributed by atoms with van der Waals surface area (Å²) in [5.41, 5.74) is 9.75. The minimum absolute atomic E-state index is 0.113. The number of nitrogens with two attached hydrogens (primary N) is 1. The lowest BCUT2D eigenvalue weighted by molar-refractivity contribution is -0.172. The van der Waals surface area contributed by atoms with Gasteiger partial charge in [-0.25, -0.2) is 9.78 Å². The molecule has 0 fully saturated rings. The van der Waals surface area contributed by atoms with Crippen LogP contribution in [0.2, 0.25) is 0 Å². The number of nitrogen functional groups attached to an aromatic ring is 1. The van der Waals surface area contributed by atoms with Gasteiger partial charge in [-0.1, -0.05) is 6.92 Å². The Kier molecular flexibility index (Phi) is 3.98. The first kappa shape index (κ1) is 19.6. The van der Waals surface area contributed by atoms with Crippen molar-refractivity contribution in [2.24, 2.45) is 0 Å². The molecule has 0 amide bonds. The van der Waals surface area contributed by atoms with Crippen LogP contribution in [0.1, 0.15) is 35.6 Å². The Morgan fingerprint density at radius 2 is 2.12 bits per heavy atom. The van der Waals surface area contributed by atoms with Gasteiger partial charge in [0.25, 0.3) is 5.56 Å². The predicted octanol–water partition coefficient (Wildman–Crippen LogP) is 2.32. The number of pyridine rings is 2. The Labute approximate surface area is 187 Å². The van der Waals surface area contributed by atoms with Gasteiger partial charge in [-0.2, -0.15) is 0 Å². The summed E-state index contributed by atoms with van der Waals surface area (Å²) in [6, 6.07) is 3.58. The molecule has 9 heteroatoms. The van der Waals surface area contributed by atoms with Crippen LogP contribution in [0, 0.1) is 0 Å². The third-order valence-electron chi connectivity index (χ3n) is 6.87. The lowest BCUT2D eigenvalue weighted by Crippen LogP contribution is -2.44. The summed E-state index contributed by atoms with van der Waals surface area (Å²) in [4.78, 5) is 31.7. The van der Waals surface area contributed by atoms with Gasteiger partial charge >= 0.3 is 5.97 Å². The summed E-state index contributed by atoms with van der Waals surface area (Å²) in [6.45, 7) is 1.95. The van der Waals surface area contributed by atoms with Gasteiger partial charge in [-0.3, -0.25) is 4.79 Å². The quantitative estimate of drug-likeness (QED) is 0.352. The molecule has 3 N–H and O–H groups in total. The van der Waals surface area contributed by atoms with Gasteiger partial charge in [-0.15, -0.1) is 11.8 Å². The lowest BCUT2D eigenvalue weighted by atomic mass is 9.86. The number of benzene rings is 1. The van der Waals surface area contributed by atoms with Crippen molar-refractivity contribution in [3.05, 3.63) is 44.7 Å². The summed E-state index contributed by atoms with van der Waals surface area (Å²) in [5, 5.41) is 12.1. The van der Waals surface area contributed by atoms with E-state index in [1.54, 1.807) is 36.4 Å². The number of fused-ring (bicyclic) bond motifs is 5. The van der Waals surface area contributed by atoms with Crippen molar-refractivity contribution >= 4 is 34.3 Å². The number of thioether (sulfide) groups is 1. The van der Waals surface area contributed by atoms with Gasteiger partial charge in [0, 0.05) is 33.2 Å². The highest BCUT2D eigenvalue weighted by molar-refractivity contribution is 7.99. The number of rotatable bonds is 2. The standard InChI is InChI=1S/C23H21N3O5S/c1-3-23(29)13-6-15-19-11(8-26(15)21(27)12(13)9-31-22(23)28)10-4-5-32-20-17(10)14(25-19)7-16(30-2)18(20)24/h6-7,29H,3-5,8-9,24H2,1-2H3/t23-/m0/s1. The fourth-order valence-electron chi connectivity index (χ4n) is 5.14. The van der Waals surface area contributed by atoms with E-state index >= 15 is 0 Å². The fourth-order valence-corrected chi connectivity index (χ4v) is 6.28. The zero-order chi connectivity index (χ0) is 22.4. The van der Waals surface area contributed by atoms with Crippen molar-refractivity contribution in [3.63, 3.8) is 0 Å². The average molecular weight is 452 g/mol. The maximum Gasteiger partial charge on any atom is 0.343 e. The third-order valence-corrected chi connectivity index (χ3v) is 7.99. The monoisotopic (exact) mass is 451 g/mol. The first-order valence-corrected chi connectivity index (χ1v) is 11.5. The van der Waals surface area contributed by atoms with E-state index in [9.17, 15) is 14.7 Å². The van der Waals surface area contributed by atoms with Crippen molar-refractivity contribution in [2.45, 2.75) is 43.4 Å². The summed E-state index contributed by atoms with van der Waals surface area (Å²) < 4.78 is 12.3. The number of hydrogen-bond acceptors (Lipinski definition) is 8. The topological polar surface area (TPSA) is 117 Å². The third kappa shape index (κ3) is 2.30. The van der Waals surface area contributed by atoms with Gasteiger partial charge in [-0.05, 0) is 24.5 Å². The second-order valence-corrected chi connectivity index (χ2v) is 9.44. The van der Waals surface area contributed by atoms with Crippen LogP contribution in [0.25, 0.3) is 22.3 Å². The first-order valence-electron chi connectivity index (χ1n) is 10.5. The Hall–Kier alpha value is -3.04. The van der Waals surface area contributed by atoms with Gasteiger partial charge in [0.05, 0.1) is 41.8 Å². The molecule has 3 aliphatic rings. The molecule has 0 radical (unpaired) electrons. The van der Waals surface area contributed by atoms with Crippen molar-refractivity contribution in [2.75, 3.05) is 18.6 Å². The molecule has 1 atom stereocenters. The molecule has 0 aliphatic carbocycles. The molecule has 3 aromatic rings. The van der Waals surface area contributed by atoms with Gasteiger partial charge in [0.2, 0.25) is 0 Å². The van der Waals surface area contributed by atoms with E-state index in [0.717, 1.165) is 39.1 Å². The molecule has 2 aromatic heterocycles. The van der Waals surface area contributed by atoms with E-state index in [1.165, 1.54) is 0 Å². The van der Waals surface area contributed by atoms with E-state index in [-0.39, 0.29) is 18.6 Å². The molecule has 0 saturated carbocycles. The van der Waals surface area contributed by atoms with Crippen LogP contribution in [-0.2, 0) is 34.7 Å². The molecule has 3 aliphatic heterocycles. The number of methoxy groups -OCH3 is 1. The molecule has 5 heterocycles. The molecule has 32 heavy (non-hydrogen) atoms. The zero-order valence-corrected chi connectivity index (χ0v) is 18.5. The van der Waals surface area contributed by atoms with Gasteiger partial charge in [0.1, 0.15) is 12.4 Å². The average Bonchev–Trinajstić information content (AvgIpc) is 3.18. The van der Waals surface area contributed by atoms with Crippen LogP contribution in [0.5, 0.6) is 5.75 Å². The first-order chi connectivity index (χ1) is 15.4. The molecule has 0 bridgehead atoms. The largest absolute Gasteiger partial charge is 0.494 e. The van der Waals surface area contributed by atoms with E-state index in [4.69, 9.17) is 20.2 Å². The van der Waals surface area contributed by atoms with Crippen molar-refractivity contribution < 1.29 is 19.4 Å². The molecule has 164 valence electrons. The number of hydrogen-bond donors (Lipinski definition) is 2. The Morgan fingerprint density at radius 1 is 1.31 bits per heavy atom. The molecule has 0 spiro atoms. The van der Waals surface area contributed by atoms with Gasteiger partial charge < -0.3 is 24.9 Å². The SMILES string of the molecule is CC[C@@]1(O)C(=O)OCc2c1cc1n(c2=O)Cc2c-1nc1cc(OC)c(N)c3c1c2CCS3. The number of aromatic nitrogens is 2. The lowest BCUT2D eigenvalue weighted by Gasteiger charge is -2.31. The number of ether oxygens (including phenoxy) is 2. The number of carbonyl (C=O) groups excluding carboxylic acids is 1. The fraction of sp³-hybridized carbons (Fsp3) is 0.348. The van der Waals surface area contributed by atoms with E-state index < -0.39 is 11.6 Å². The van der Waals surface area contributed by atoms with Crippen molar-refractivity contribution in [1.82, 2.24) is 9.55 Å². The number of aliphatic hydroxyl groups is 1. The molecular formula is C23H21N3O5S. The molecule has 8 nitrogen and oxygen atoms in total. The van der Waals surface area contributed by atoms with Gasteiger partial charge in [0.15, 0.2) is 5.60 Å². The highest BCUT2D eigenvalue weighted by Gasteiger charge is 2.45. The van der Waals surface area contributed by atoms with Crippen molar-refractivity contribution in [1.29, 1.82) is 0 Å². The summed E-state index contributed by atoms with van der Waals surface area (Å²) in [7, 11) is 1.58. The highest BCUT2D eigenvalue weighted by atomic mass is 32.2. The number of nitrogens with zero attached hydrogens (tertiary/aromatic N) is 2. The molecule has 1 aromatic carbocycles. The molecule has 6 rings (SSSR count). The van der Waals surface area contributed by atoms with Crippen LogP contribution < -0.4 is 16.0 Å². The van der Waals surface area contributed by atoms with Crippen LogP contribution in [-0.4, -0.2) is 33.5 Å². The number of carbonyl (C=O) groups is 1. The molecule has 0 saturated heterocycles. The number of aryl methyl sites for hydroxylation is 1. The maximum atomic E-state index is 13.4. The number of anilines is 1. The normalized spacial score (nSPS) is 20.5. The Balaban J connectivity index is 1.68. The van der Waals surface area contributed by atoms with E-state index in [2.05, 4.69) is 0 Å². The highest BCUT2D eigenvalue weighted by Crippen LogP contribution is 2.48. The van der Waals surface area contributed by atoms with E-state index in [1.807, 2.05) is 6.07 Å². The zero-order valence-electron chi connectivity index (χ0n) is 17.7. The summed E-state index contributed by atoms with van der Waals surface area (Å²) in [6.07, 6.45) is 0.954. The molecular weight excluding hydrogens is 430 g/mol. The summed E-state index contributed by atoms with van der Waals surface area (Å²) >= 11 is 1.69. The second kappa shape index (κ2) is 6.49. The molecule has 0 unspecified atom stereocenters.